The minimum absolute atomic E-state index is 0.441. The molecule has 4 rings (SSSR count). The lowest BCUT2D eigenvalue weighted by Gasteiger charge is -2.03. The minimum Gasteiger partial charge on any atom is -0.235 e. The first-order valence-electron chi connectivity index (χ1n) is 7.24. The maximum atomic E-state index is 6.29. The predicted octanol–water partition coefficient (Wildman–Crippen LogP) is 4.43. The van der Waals surface area contributed by atoms with Crippen LogP contribution in [-0.2, 0) is 0 Å². The van der Waals surface area contributed by atoms with Gasteiger partial charge in [0.25, 0.3) is 0 Å². The Hall–Kier alpha value is -2.72. The Bertz CT molecular complexity index is 1050. The summed E-state index contributed by atoms with van der Waals surface area (Å²) < 4.78 is 1.73. The van der Waals surface area contributed by atoms with Crippen molar-refractivity contribution in [3.05, 3.63) is 71.1 Å². The highest BCUT2D eigenvalue weighted by Crippen LogP contribution is 2.20. The highest BCUT2D eigenvalue weighted by Gasteiger charge is 2.04. The summed E-state index contributed by atoms with van der Waals surface area (Å²) in [7, 11) is 0. The average molecular weight is 321 g/mol. The highest BCUT2D eigenvalue weighted by atomic mass is 35.5. The van der Waals surface area contributed by atoms with Gasteiger partial charge in [-0.05, 0) is 36.8 Å². The predicted molar refractivity (Wildman–Crippen MR) is 94.2 cm³/mol. The molecule has 0 atom stereocenters. The molecule has 0 spiro atoms. The lowest BCUT2D eigenvalue weighted by molar-refractivity contribution is 0.914. The molecular weight excluding hydrogens is 308 g/mol. The molecule has 4 nitrogen and oxygen atoms in total. The molecule has 0 aliphatic carbocycles. The molecule has 0 N–H and O–H groups in total. The van der Waals surface area contributed by atoms with Gasteiger partial charge in [0, 0.05) is 10.9 Å². The number of rotatable bonds is 2. The highest BCUT2D eigenvalue weighted by molar-refractivity contribution is 6.32. The monoisotopic (exact) mass is 320 g/mol. The molecule has 2 heterocycles. The van der Waals surface area contributed by atoms with Crippen LogP contribution in [0.15, 0.2) is 60.0 Å². The molecule has 0 radical (unpaired) electrons. The van der Waals surface area contributed by atoms with Gasteiger partial charge in [0.2, 0.25) is 0 Å². The zero-order chi connectivity index (χ0) is 15.8. The van der Waals surface area contributed by atoms with Crippen LogP contribution in [0.1, 0.15) is 11.1 Å². The van der Waals surface area contributed by atoms with Crippen molar-refractivity contribution in [1.29, 1.82) is 0 Å². The third-order valence-corrected chi connectivity index (χ3v) is 4.01. The number of benzene rings is 2. The molecule has 0 saturated heterocycles. The van der Waals surface area contributed by atoms with Crippen molar-refractivity contribution in [2.45, 2.75) is 6.92 Å². The summed E-state index contributed by atoms with van der Waals surface area (Å²) in [6, 6.07) is 16.0. The van der Waals surface area contributed by atoms with Crippen molar-refractivity contribution >= 4 is 39.8 Å². The van der Waals surface area contributed by atoms with Crippen LogP contribution in [0.25, 0.3) is 21.9 Å². The smallest absolute Gasteiger partial charge is 0.138 e. The Morgan fingerprint density at radius 2 is 1.96 bits per heavy atom. The largest absolute Gasteiger partial charge is 0.235 e. The van der Waals surface area contributed by atoms with Gasteiger partial charge in [0.1, 0.15) is 11.5 Å². The molecule has 2 aromatic heterocycles. The van der Waals surface area contributed by atoms with Crippen molar-refractivity contribution in [3.63, 3.8) is 0 Å². The summed E-state index contributed by atoms with van der Waals surface area (Å²) in [5.74, 6) is 0. The van der Waals surface area contributed by atoms with Gasteiger partial charge in [0.05, 0.1) is 22.8 Å². The first-order chi connectivity index (χ1) is 11.2. The van der Waals surface area contributed by atoms with Gasteiger partial charge >= 0.3 is 0 Å². The number of fused-ring (bicyclic) bond motifs is 2. The van der Waals surface area contributed by atoms with E-state index in [0.717, 1.165) is 33.1 Å². The fourth-order valence-corrected chi connectivity index (χ4v) is 2.72. The van der Waals surface area contributed by atoms with E-state index in [0.29, 0.717) is 5.15 Å². The normalized spacial score (nSPS) is 11.7. The van der Waals surface area contributed by atoms with Gasteiger partial charge in [-0.2, -0.15) is 5.10 Å². The van der Waals surface area contributed by atoms with E-state index in [2.05, 4.69) is 21.1 Å². The number of nitrogens with zero attached hydrogens (tertiary/aromatic N) is 4. The summed E-state index contributed by atoms with van der Waals surface area (Å²) in [5, 5.41) is 5.93. The molecule has 4 aromatic rings. The molecule has 0 amide bonds. The van der Waals surface area contributed by atoms with Crippen LogP contribution in [-0.4, -0.2) is 20.9 Å². The van der Waals surface area contributed by atoms with Crippen LogP contribution in [0.3, 0.4) is 0 Å². The second-order valence-electron chi connectivity index (χ2n) is 5.39. The number of hydrogen-bond donors (Lipinski definition) is 0. The number of para-hydroxylation sites is 2. The lowest BCUT2D eigenvalue weighted by atomic mass is 10.1. The van der Waals surface area contributed by atoms with E-state index >= 15 is 0 Å². The maximum absolute atomic E-state index is 6.29. The van der Waals surface area contributed by atoms with Crippen molar-refractivity contribution in [3.8, 4) is 0 Å². The second kappa shape index (κ2) is 5.48. The van der Waals surface area contributed by atoms with Crippen molar-refractivity contribution in [1.82, 2.24) is 14.6 Å². The number of halogens is 1. The molecule has 0 aliphatic heterocycles. The first kappa shape index (κ1) is 13.9. The summed E-state index contributed by atoms with van der Waals surface area (Å²) in [6.07, 6.45) is 3.40. The summed E-state index contributed by atoms with van der Waals surface area (Å²) in [4.78, 5) is 8.76. The Labute approximate surface area is 138 Å². The standard InChI is InChI=1S/C18H13ClN4/c1-12-6-7-13-9-14(18(19)22-16(13)8-12)10-21-23-11-20-15-4-2-3-5-17(15)23/h2-11H,1H3/b21-10-. The second-order valence-corrected chi connectivity index (χ2v) is 5.74. The average Bonchev–Trinajstić information content (AvgIpc) is 2.96. The molecular formula is C18H13ClN4. The van der Waals surface area contributed by atoms with Crippen LogP contribution in [0, 0.1) is 6.92 Å². The van der Waals surface area contributed by atoms with Crippen LogP contribution in [0.2, 0.25) is 5.15 Å². The minimum atomic E-state index is 0.441. The fraction of sp³-hybridized carbons (Fsp3) is 0.0556. The molecule has 0 saturated carbocycles. The van der Waals surface area contributed by atoms with E-state index in [4.69, 9.17) is 11.6 Å². The molecule has 2 aromatic carbocycles. The quantitative estimate of drug-likeness (QED) is 0.405. The SMILES string of the molecule is Cc1ccc2cc(/C=N\n3cnc4ccccc43)c(Cl)nc2c1. The third kappa shape index (κ3) is 2.58. The molecule has 0 aliphatic rings. The van der Waals surface area contributed by atoms with Gasteiger partial charge in [-0.25, -0.2) is 14.6 Å². The molecule has 5 heteroatoms. The Balaban J connectivity index is 1.77. The summed E-state index contributed by atoms with van der Waals surface area (Å²) in [6.45, 7) is 2.04. The Kier molecular flexibility index (Phi) is 3.32. The number of aryl methyl sites for hydroxylation is 1. The number of pyridine rings is 1. The molecule has 112 valence electrons. The zero-order valence-electron chi connectivity index (χ0n) is 12.4. The van der Waals surface area contributed by atoms with Crippen LogP contribution >= 0.6 is 11.6 Å². The van der Waals surface area contributed by atoms with Crippen molar-refractivity contribution in [2.24, 2.45) is 5.10 Å². The third-order valence-electron chi connectivity index (χ3n) is 3.71. The number of hydrogen-bond acceptors (Lipinski definition) is 3. The fourth-order valence-electron chi connectivity index (χ4n) is 2.52. The summed E-state index contributed by atoms with van der Waals surface area (Å²) >= 11 is 6.29. The van der Waals surface area contributed by atoms with Gasteiger partial charge < -0.3 is 0 Å². The Morgan fingerprint density at radius 1 is 1.09 bits per heavy atom. The topological polar surface area (TPSA) is 43.1 Å². The van der Waals surface area contributed by atoms with Crippen molar-refractivity contribution in [2.75, 3.05) is 0 Å². The zero-order valence-corrected chi connectivity index (χ0v) is 13.2. The van der Waals surface area contributed by atoms with E-state index in [1.165, 1.54) is 0 Å². The molecule has 0 unspecified atom stereocenters. The number of imidazole rings is 1. The van der Waals surface area contributed by atoms with E-state index in [1.807, 2.05) is 49.4 Å². The van der Waals surface area contributed by atoms with E-state index in [1.54, 1.807) is 17.2 Å². The first-order valence-corrected chi connectivity index (χ1v) is 7.62. The molecule has 0 fully saturated rings. The van der Waals surface area contributed by atoms with Gasteiger partial charge in [-0.15, -0.1) is 0 Å². The lowest BCUT2D eigenvalue weighted by Crippen LogP contribution is -1.93. The van der Waals surface area contributed by atoms with Gasteiger partial charge in [-0.3, -0.25) is 0 Å². The number of aromatic nitrogens is 3. The molecule has 23 heavy (non-hydrogen) atoms. The van der Waals surface area contributed by atoms with Crippen molar-refractivity contribution < 1.29 is 0 Å². The van der Waals surface area contributed by atoms with Gasteiger partial charge in [-0.1, -0.05) is 35.9 Å². The van der Waals surface area contributed by atoms with Crippen LogP contribution in [0.4, 0.5) is 0 Å². The van der Waals surface area contributed by atoms with Crippen LogP contribution < -0.4 is 0 Å². The van der Waals surface area contributed by atoms with E-state index < -0.39 is 0 Å². The van der Waals surface area contributed by atoms with Crippen LogP contribution in [0.5, 0.6) is 0 Å². The summed E-state index contributed by atoms with van der Waals surface area (Å²) in [5.41, 5.74) is 4.68. The van der Waals surface area contributed by atoms with E-state index in [9.17, 15) is 0 Å². The van der Waals surface area contributed by atoms with E-state index in [-0.39, 0.29) is 0 Å². The van der Waals surface area contributed by atoms with Gasteiger partial charge in [0.15, 0.2) is 0 Å². The Morgan fingerprint density at radius 3 is 2.87 bits per heavy atom. The molecule has 0 bridgehead atoms. The maximum Gasteiger partial charge on any atom is 0.138 e.